The number of nitrogens with zero attached hydrogens (tertiary/aromatic N) is 2. The standard InChI is InChI=1S/C15H18N2O3/c1-10(2)15(20)17-12-7-4-3-6-11(12)16-13(17)8-5-9-14(18)19/h3-4,6-7,10H,5,8-9H2,1-2H3,(H,18,19). The van der Waals surface area contributed by atoms with E-state index in [4.69, 9.17) is 5.11 Å². The predicted molar refractivity (Wildman–Crippen MR) is 75.8 cm³/mol. The molecule has 1 aromatic heterocycles. The lowest BCUT2D eigenvalue weighted by Gasteiger charge is -2.09. The summed E-state index contributed by atoms with van der Waals surface area (Å²) in [6, 6.07) is 7.47. The number of aryl methyl sites for hydroxylation is 1. The molecule has 0 bridgehead atoms. The smallest absolute Gasteiger partial charge is 0.303 e. The van der Waals surface area contributed by atoms with E-state index in [0.717, 1.165) is 11.0 Å². The van der Waals surface area contributed by atoms with Gasteiger partial charge >= 0.3 is 5.97 Å². The van der Waals surface area contributed by atoms with Gasteiger partial charge in [0.25, 0.3) is 0 Å². The molecule has 0 unspecified atom stereocenters. The lowest BCUT2D eigenvalue weighted by molar-refractivity contribution is -0.137. The van der Waals surface area contributed by atoms with Crippen molar-refractivity contribution in [3.05, 3.63) is 30.1 Å². The Kier molecular flexibility index (Phi) is 4.17. The number of carboxylic acids is 1. The maximum absolute atomic E-state index is 12.3. The highest BCUT2D eigenvalue weighted by Crippen LogP contribution is 2.19. The molecule has 1 aromatic carbocycles. The van der Waals surface area contributed by atoms with Crippen LogP contribution < -0.4 is 0 Å². The van der Waals surface area contributed by atoms with E-state index < -0.39 is 5.97 Å². The Morgan fingerprint density at radius 1 is 1.30 bits per heavy atom. The molecule has 1 N–H and O–H groups in total. The highest BCUT2D eigenvalue weighted by molar-refractivity contribution is 5.92. The van der Waals surface area contributed by atoms with Crippen LogP contribution in [0.3, 0.4) is 0 Å². The third-order valence-corrected chi connectivity index (χ3v) is 3.14. The molecule has 0 radical (unpaired) electrons. The molecule has 1 heterocycles. The molecule has 0 spiro atoms. The van der Waals surface area contributed by atoms with Crippen molar-refractivity contribution in [1.29, 1.82) is 0 Å². The molecule has 0 saturated heterocycles. The fourth-order valence-corrected chi connectivity index (χ4v) is 2.15. The molecule has 0 aliphatic carbocycles. The molecular weight excluding hydrogens is 256 g/mol. The number of carbonyl (C=O) groups is 2. The second kappa shape index (κ2) is 5.86. The Morgan fingerprint density at radius 2 is 2.00 bits per heavy atom. The molecule has 2 aromatic rings. The fourth-order valence-electron chi connectivity index (χ4n) is 2.15. The van der Waals surface area contributed by atoms with Gasteiger partial charge in [-0.05, 0) is 18.6 Å². The second-order valence-electron chi connectivity index (χ2n) is 5.09. The van der Waals surface area contributed by atoms with Gasteiger partial charge in [0.15, 0.2) is 0 Å². The maximum Gasteiger partial charge on any atom is 0.303 e. The Labute approximate surface area is 117 Å². The predicted octanol–water partition coefficient (Wildman–Crippen LogP) is 2.74. The van der Waals surface area contributed by atoms with E-state index >= 15 is 0 Å². The van der Waals surface area contributed by atoms with Crippen LogP contribution in [0.25, 0.3) is 11.0 Å². The van der Waals surface area contributed by atoms with Gasteiger partial charge in [0.05, 0.1) is 11.0 Å². The summed E-state index contributed by atoms with van der Waals surface area (Å²) >= 11 is 0. The van der Waals surface area contributed by atoms with Crippen LogP contribution in [-0.2, 0) is 11.2 Å². The number of aliphatic carboxylic acids is 1. The van der Waals surface area contributed by atoms with Crippen molar-refractivity contribution in [2.75, 3.05) is 0 Å². The van der Waals surface area contributed by atoms with Gasteiger partial charge in [-0.25, -0.2) is 4.98 Å². The summed E-state index contributed by atoms with van der Waals surface area (Å²) in [4.78, 5) is 27.4. The van der Waals surface area contributed by atoms with E-state index in [9.17, 15) is 9.59 Å². The molecule has 5 nitrogen and oxygen atoms in total. The molecule has 0 aliphatic rings. The normalized spacial score (nSPS) is 11.2. The minimum Gasteiger partial charge on any atom is -0.481 e. The van der Waals surface area contributed by atoms with Crippen LogP contribution in [0.1, 0.15) is 37.3 Å². The minimum absolute atomic E-state index is 0.0102. The van der Waals surface area contributed by atoms with Crippen LogP contribution in [0.4, 0.5) is 0 Å². The number of hydrogen-bond acceptors (Lipinski definition) is 3. The summed E-state index contributed by atoms with van der Waals surface area (Å²) < 4.78 is 1.63. The van der Waals surface area contributed by atoms with Gasteiger partial charge in [0, 0.05) is 18.8 Å². The van der Waals surface area contributed by atoms with Gasteiger partial charge in [-0.1, -0.05) is 26.0 Å². The SMILES string of the molecule is CC(C)C(=O)n1c(CCCC(=O)O)nc2ccccc21. The Morgan fingerprint density at radius 3 is 2.65 bits per heavy atom. The number of rotatable bonds is 5. The number of imidazole rings is 1. The van der Waals surface area contributed by atoms with E-state index in [1.165, 1.54) is 0 Å². The summed E-state index contributed by atoms with van der Waals surface area (Å²) in [5.74, 6) is -0.330. The topological polar surface area (TPSA) is 72.2 Å². The largest absolute Gasteiger partial charge is 0.481 e. The fraction of sp³-hybridized carbons (Fsp3) is 0.400. The lowest BCUT2D eigenvalue weighted by atomic mass is 10.2. The monoisotopic (exact) mass is 274 g/mol. The third-order valence-electron chi connectivity index (χ3n) is 3.14. The molecule has 106 valence electrons. The zero-order valence-corrected chi connectivity index (χ0v) is 11.7. The summed E-state index contributed by atoms with van der Waals surface area (Å²) in [6.07, 6.45) is 1.04. The van der Waals surface area contributed by atoms with E-state index in [1.54, 1.807) is 4.57 Å². The van der Waals surface area contributed by atoms with Crippen molar-refractivity contribution in [3.8, 4) is 0 Å². The van der Waals surface area contributed by atoms with Gasteiger partial charge in [0.2, 0.25) is 5.91 Å². The quantitative estimate of drug-likeness (QED) is 0.910. The average molecular weight is 274 g/mol. The van der Waals surface area contributed by atoms with Crippen LogP contribution in [-0.4, -0.2) is 26.5 Å². The van der Waals surface area contributed by atoms with Crippen LogP contribution in [0, 0.1) is 5.92 Å². The minimum atomic E-state index is -0.831. The lowest BCUT2D eigenvalue weighted by Crippen LogP contribution is -2.19. The van der Waals surface area contributed by atoms with E-state index in [-0.39, 0.29) is 18.2 Å². The maximum atomic E-state index is 12.3. The van der Waals surface area contributed by atoms with Crippen molar-refractivity contribution < 1.29 is 14.7 Å². The summed E-state index contributed by atoms with van der Waals surface area (Å²) in [6.45, 7) is 3.69. The number of aromatic nitrogens is 2. The first-order valence-corrected chi connectivity index (χ1v) is 6.73. The number of benzene rings is 1. The molecule has 5 heteroatoms. The van der Waals surface area contributed by atoms with Crippen molar-refractivity contribution in [3.63, 3.8) is 0 Å². The molecule has 20 heavy (non-hydrogen) atoms. The zero-order valence-electron chi connectivity index (χ0n) is 11.7. The summed E-state index contributed by atoms with van der Waals surface area (Å²) in [5.41, 5.74) is 1.56. The molecule has 0 fully saturated rings. The third kappa shape index (κ3) is 2.87. The summed E-state index contributed by atoms with van der Waals surface area (Å²) in [5, 5.41) is 8.70. The first kappa shape index (κ1) is 14.2. The number of carboxylic acid groups (broad SMARTS) is 1. The number of hydrogen-bond donors (Lipinski definition) is 1. The van der Waals surface area contributed by atoms with Crippen molar-refractivity contribution >= 4 is 22.9 Å². The first-order valence-electron chi connectivity index (χ1n) is 6.73. The first-order chi connectivity index (χ1) is 9.50. The molecular formula is C15H18N2O3. The molecule has 0 aliphatic heterocycles. The zero-order chi connectivity index (χ0) is 14.7. The van der Waals surface area contributed by atoms with Crippen LogP contribution in [0.15, 0.2) is 24.3 Å². The number of fused-ring (bicyclic) bond motifs is 1. The average Bonchev–Trinajstić information content (AvgIpc) is 2.75. The van der Waals surface area contributed by atoms with Crippen molar-refractivity contribution in [1.82, 2.24) is 9.55 Å². The van der Waals surface area contributed by atoms with Crippen LogP contribution in [0.2, 0.25) is 0 Å². The molecule has 0 saturated carbocycles. The Balaban J connectivity index is 2.39. The van der Waals surface area contributed by atoms with Gasteiger partial charge in [-0.15, -0.1) is 0 Å². The summed E-state index contributed by atoms with van der Waals surface area (Å²) in [7, 11) is 0. The van der Waals surface area contributed by atoms with Crippen molar-refractivity contribution in [2.24, 2.45) is 5.92 Å². The van der Waals surface area contributed by atoms with E-state index in [2.05, 4.69) is 4.98 Å². The van der Waals surface area contributed by atoms with E-state index in [1.807, 2.05) is 38.1 Å². The molecule has 0 atom stereocenters. The molecule has 0 amide bonds. The van der Waals surface area contributed by atoms with Gasteiger partial charge < -0.3 is 5.11 Å². The van der Waals surface area contributed by atoms with E-state index in [0.29, 0.717) is 18.7 Å². The van der Waals surface area contributed by atoms with Gasteiger partial charge in [-0.2, -0.15) is 0 Å². The highest BCUT2D eigenvalue weighted by Gasteiger charge is 2.18. The Hall–Kier alpha value is -2.17. The highest BCUT2D eigenvalue weighted by atomic mass is 16.4. The second-order valence-corrected chi connectivity index (χ2v) is 5.09. The van der Waals surface area contributed by atoms with Crippen molar-refractivity contribution in [2.45, 2.75) is 33.1 Å². The van der Waals surface area contributed by atoms with Gasteiger partial charge in [-0.3, -0.25) is 14.2 Å². The molecule has 2 rings (SSSR count). The van der Waals surface area contributed by atoms with Crippen LogP contribution in [0.5, 0.6) is 0 Å². The van der Waals surface area contributed by atoms with Gasteiger partial charge in [0.1, 0.15) is 5.82 Å². The number of carbonyl (C=O) groups excluding carboxylic acids is 1. The van der Waals surface area contributed by atoms with Crippen LogP contribution >= 0.6 is 0 Å². The number of para-hydroxylation sites is 2. The Bertz CT molecular complexity index is 644.